The predicted molar refractivity (Wildman–Crippen MR) is 341 cm³/mol. The Hall–Kier alpha value is -7.98. The Balaban J connectivity index is 0.00000705. The minimum atomic E-state index is -0.168. The van der Waals surface area contributed by atoms with E-state index in [4.69, 9.17) is 9.72 Å². The van der Waals surface area contributed by atoms with Gasteiger partial charge in [-0.15, -0.1) is 48.1 Å². The predicted octanol–water partition coefficient (Wildman–Crippen LogP) is 20.8. The Kier molecular flexibility index (Phi) is 14.6. The Morgan fingerprint density at radius 1 is 0.415 bits per heavy atom. The number of pyridine rings is 1. The smallest absolute Gasteiger partial charge is 0.135 e. The standard InChI is InChI=1S/C76H71N4O.Pt/c1-73(2,3)55-36-33-50(34-37-55)53-35-40-67-64(43-53)63-39-38-60(46-70(63)80(67)71-47-66(76(10,11)12)65(48-77-71)52-25-17-14-18-26-52)81-59-28-21-27-58(45-59)78-49-79(69-32-20-19-31-68(69)78)72-61(51-23-15-13-16-24-51)29-22-30-62(72)54-41-56(74(4,5)6)44-57(42-54)75(7,8)9;/h13-44,47-49H,1-12H3;/q-3;. The van der Waals surface area contributed by atoms with Gasteiger partial charge in [0.15, 0.2) is 0 Å². The van der Waals surface area contributed by atoms with Crippen molar-refractivity contribution in [3.05, 3.63) is 247 Å². The van der Waals surface area contributed by atoms with E-state index in [1.54, 1.807) is 0 Å². The molecule has 6 heteroatoms. The molecule has 0 aliphatic carbocycles. The first-order chi connectivity index (χ1) is 38.7. The van der Waals surface area contributed by atoms with Crippen molar-refractivity contribution in [2.45, 2.75) is 105 Å². The first-order valence-electron chi connectivity index (χ1n) is 28.4. The molecule has 9 aromatic carbocycles. The molecule has 11 aromatic rings. The summed E-state index contributed by atoms with van der Waals surface area (Å²) in [7, 11) is 0. The molecule has 0 unspecified atom stereocenters. The monoisotopic (exact) mass is 1250 g/mol. The Morgan fingerprint density at radius 2 is 0.976 bits per heavy atom. The zero-order valence-corrected chi connectivity index (χ0v) is 51.5. The Morgan fingerprint density at radius 3 is 1.60 bits per heavy atom. The van der Waals surface area contributed by atoms with Gasteiger partial charge in [0.2, 0.25) is 0 Å². The van der Waals surface area contributed by atoms with Crippen molar-refractivity contribution in [2.24, 2.45) is 0 Å². The van der Waals surface area contributed by atoms with E-state index in [1.165, 1.54) is 33.4 Å². The molecular formula is C76H71N4OPt-3. The van der Waals surface area contributed by atoms with Crippen LogP contribution in [-0.2, 0) is 42.7 Å². The summed E-state index contributed by atoms with van der Waals surface area (Å²) in [6.07, 6.45) is 2.04. The number of hydrogen-bond acceptors (Lipinski definition) is 4. The van der Waals surface area contributed by atoms with Crippen molar-refractivity contribution in [3.63, 3.8) is 0 Å². The van der Waals surface area contributed by atoms with Crippen molar-refractivity contribution in [1.29, 1.82) is 0 Å². The number of hydrogen-bond donors (Lipinski definition) is 0. The van der Waals surface area contributed by atoms with Crippen molar-refractivity contribution < 1.29 is 25.8 Å². The largest absolute Gasteiger partial charge is 0.509 e. The minimum absolute atomic E-state index is 0. The fourth-order valence-corrected chi connectivity index (χ4v) is 11.4. The van der Waals surface area contributed by atoms with Gasteiger partial charge in [-0.25, -0.2) is 4.98 Å². The van der Waals surface area contributed by atoms with Gasteiger partial charge in [-0.3, -0.25) is 0 Å². The van der Waals surface area contributed by atoms with Gasteiger partial charge < -0.3 is 19.1 Å². The van der Waals surface area contributed by atoms with E-state index in [-0.39, 0.29) is 42.7 Å². The van der Waals surface area contributed by atoms with Crippen LogP contribution in [0.1, 0.15) is 105 Å². The molecule has 0 spiro atoms. The average molecular weight is 1250 g/mol. The SMILES string of the molecule is CC(C)(C)c1ccc(-c2ccc3c(c2)c2ccc(Oc4[c-]c(N5[CH-]N(c6c(-c7ccccc7)cccc6-c6cc(C(C)(C)C)cc(C(C)(C)C)c6)c6ccccc65)ccc4)[c-]c2n3-c2cc(C(C)(C)C)c(-c3ccccc3)cn2)cc1.[Pt]. The third-order valence-electron chi connectivity index (χ3n) is 15.9. The normalized spacial score (nSPS) is 12.9. The summed E-state index contributed by atoms with van der Waals surface area (Å²) in [5, 5.41) is 2.18. The van der Waals surface area contributed by atoms with E-state index >= 15 is 0 Å². The van der Waals surface area contributed by atoms with Crippen LogP contribution in [0.5, 0.6) is 11.5 Å². The second-order valence-corrected chi connectivity index (χ2v) is 25.9. The number of nitrogens with zero attached hydrogens (tertiary/aromatic N) is 4. The molecule has 0 radical (unpaired) electrons. The molecule has 0 bridgehead atoms. The molecule has 2 aromatic heterocycles. The number of para-hydroxylation sites is 3. The van der Waals surface area contributed by atoms with Crippen LogP contribution in [0.25, 0.3) is 72.1 Å². The molecule has 0 amide bonds. The van der Waals surface area contributed by atoms with Crippen LogP contribution in [0.2, 0.25) is 0 Å². The average Bonchev–Trinajstić information content (AvgIpc) is 2.64. The summed E-state index contributed by atoms with van der Waals surface area (Å²) in [5.41, 5.74) is 20.2. The Bertz CT molecular complexity index is 4120. The number of ether oxygens (including phenoxy) is 1. The molecule has 0 fully saturated rings. The van der Waals surface area contributed by atoms with Crippen LogP contribution in [0.3, 0.4) is 0 Å². The van der Waals surface area contributed by atoms with Gasteiger partial charge in [-0.05, 0) is 101 Å². The molecule has 0 saturated carbocycles. The molecule has 1 aliphatic rings. The number of rotatable bonds is 9. The van der Waals surface area contributed by atoms with Gasteiger partial charge in [-0.1, -0.05) is 234 Å². The summed E-state index contributed by atoms with van der Waals surface area (Å²) in [5.74, 6) is 1.98. The topological polar surface area (TPSA) is 33.5 Å². The van der Waals surface area contributed by atoms with Gasteiger partial charge in [0.1, 0.15) is 5.82 Å². The van der Waals surface area contributed by atoms with Crippen molar-refractivity contribution in [3.8, 4) is 61.8 Å². The van der Waals surface area contributed by atoms with Crippen LogP contribution in [-0.4, -0.2) is 9.55 Å². The first kappa shape index (κ1) is 55.9. The Labute approximate surface area is 500 Å². The van der Waals surface area contributed by atoms with Gasteiger partial charge in [-0.2, -0.15) is 12.1 Å². The molecule has 12 rings (SSSR count). The number of anilines is 4. The number of aromatic nitrogens is 2. The molecule has 5 nitrogen and oxygen atoms in total. The maximum absolute atomic E-state index is 6.89. The second kappa shape index (κ2) is 21.4. The summed E-state index contributed by atoms with van der Waals surface area (Å²) in [4.78, 5) is 9.86. The van der Waals surface area contributed by atoms with E-state index in [1.807, 2.05) is 24.4 Å². The molecule has 414 valence electrons. The summed E-state index contributed by atoms with van der Waals surface area (Å²) in [6.45, 7) is 29.7. The molecule has 0 saturated heterocycles. The fraction of sp³-hybridized carbons (Fsp3) is 0.211. The van der Waals surface area contributed by atoms with E-state index in [0.717, 1.165) is 83.8 Å². The van der Waals surface area contributed by atoms with E-state index in [9.17, 15) is 0 Å². The van der Waals surface area contributed by atoms with Crippen molar-refractivity contribution >= 4 is 44.6 Å². The molecule has 82 heavy (non-hydrogen) atoms. The summed E-state index contributed by atoms with van der Waals surface area (Å²) >= 11 is 0. The van der Waals surface area contributed by atoms with Gasteiger partial charge in [0.05, 0.1) is 0 Å². The van der Waals surface area contributed by atoms with Gasteiger partial charge in [0.25, 0.3) is 0 Å². The number of benzene rings is 9. The third kappa shape index (κ3) is 10.7. The zero-order valence-electron chi connectivity index (χ0n) is 49.2. The van der Waals surface area contributed by atoms with E-state index in [2.05, 4.69) is 298 Å². The fourth-order valence-electron chi connectivity index (χ4n) is 11.4. The van der Waals surface area contributed by atoms with Gasteiger partial charge >= 0.3 is 0 Å². The molecule has 0 N–H and O–H groups in total. The zero-order chi connectivity index (χ0) is 56.6. The van der Waals surface area contributed by atoms with E-state index < -0.39 is 0 Å². The molecule has 1 aliphatic heterocycles. The van der Waals surface area contributed by atoms with Crippen molar-refractivity contribution in [2.75, 3.05) is 9.80 Å². The van der Waals surface area contributed by atoms with Crippen LogP contribution >= 0.6 is 0 Å². The van der Waals surface area contributed by atoms with Crippen LogP contribution in [0.15, 0.2) is 206 Å². The molecular weight excluding hydrogens is 1180 g/mol. The van der Waals surface area contributed by atoms with Crippen LogP contribution in [0, 0.1) is 18.8 Å². The maximum Gasteiger partial charge on any atom is 0.135 e. The van der Waals surface area contributed by atoms with Gasteiger partial charge in [0, 0.05) is 78.0 Å². The van der Waals surface area contributed by atoms with Crippen molar-refractivity contribution in [1.82, 2.24) is 9.55 Å². The van der Waals surface area contributed by atoms with Crippen LogP contribution in [0.4, 0.5) is 22.7 Å². The molecule has 0 atom stereocenters. The number of fused-ring (bicyclic) bond motifs is 4. The van der Waals surface area contributed by atoms with E-state index in [0.29, 0.717) is 11.5 Å². The summed E-state index contributed by atoms with van der Waals surface area (Å²) in [6, 6.07) is 79.8. The first-order valence-corrected chi connectivity index (χ1v) is 28.4. The molecule has 3 heterocycles. The summed E-state index contributed by atoms with van der Waals surface area (Å²) < 4.78 is 9.15. The van der Waals surface area contributed by atoms with Crippen LogP contribution < -0.4 is 14.5 Å². The minimum Gasteiger partial charge on any atom is -0.509 e. The quantitative estimate of drug-likeness (QED) is 0.135. The third-order valence-corrected chi connectivity index (χ3v) is 15.9. The maximum atomic E-state index is 6.89. The second-order valence-electron chi connectivity index (χ2n) is 25.9.